The normalized spacial score (nSPS) is 21.4. The molecule has 2 aliphatic rings. The fourth-order valence-corrected chi connectivity index (χ4v) is 4.48. The molecular weight excluding hydrogens is 398 g/mol. The Labute approximate surface area is 171 Å². The quantitative estimate of drug-likeness (QED) is 0.428. The number of nitro groups is 1. The van der Waals surface area contributed by atoms with E-state index in [9.17, 15) is 29.9 Å². The van der Waals surface area contributed by atoms with Gasteiger partial charge < -0.3 is 15.5 Å². The van der Waals surface area contributed by atoms with Crippen LogP contribution in [0, 0.1) is 10.1 Å². The van der Waals surface area contributed by atoms with Gasteiger partial charge >= 0.3 is 5.97 Å². The molecule has 1 amide bonds. The molecule has 9 nitrogen and oxygen atoms in total. The Hall–Kier alpha value is -2.56. The number of nitrogens with one attached hydrogen (secondary N) is 1. The van der Waals surface area contributed by atoms with Gasteiger partial charge in [0.2, 0.25) is 6.04 Å². The molecule has 3 N–H and O–H groups in total. The molecular formula is C19H23N3O6S. The molecule has 3 unspecified atom stereocenters. The van der Waals surface area contributed by atoms with E-state index in [1.807, 2.05) is 6.07 Å². The van der Waals surface area contributed by atoms with Crippen molar-refractivity contribution >= 4 is 23.2 Å². The molecule has 1 aromatic heterocycles. The molecule has 1 aromatic rings. The van der Waals surface area contributed by atoms with Gasteiger partial charge in [0.05, 0.1) is 0 Å². The number of carbonyl (C=O) groups excluding carboxylic acids is 1. The zero-order valence-electron chi connectivity index (χ0n) is 15.7. The van der Waals surface area contributed by atoms with Crippen LogP contribution in [-0.4, -0.2) is 57.1 Å². The van der Waals surface area contributed by atoms with E-state index in [1.54, 1.807) is 6.07 Å². The number of rotatable bonds is 8. The highest BCUT2D eigenvalue weighted by Crippen LogP contribution is 2.28. The highest BCUT2D eigenvalue weighted by molar-refractivity contribution is 7.12. The van der Waals surface area contributed by atoms with Crippen molar-refractivity contribution in [2.24, 2.45) is 0 Å². The molecule has 0 saturated carbocycles. The van der Waals surface area contributed by atoms with Crippen molar-refractivity contribution < 1.29 is 24.7 Å². The molecule has 3 atom stereocenters. The van der Waals surface area contributed by atoms with Crippen molar-refractivity contribution in [3.05, 3.63) is 55.8 Å². The Morgan fingerprint density at radius 1 is 1.34 bits per heavy atom. The molecule has 1 aliphatic carbocycles. The van der Waals surface area contributed by atoms with Crippen LogP contribution >= 0.6 is 11.3 Å². The highest BCUT2D eigenvalue weighted by atomic mass is 32.1. The van der Waals surface area contributed by atoms with Crippen molar-refractivity contribution in [2.45, 2.75) is 44.0 Å². The van der Waals surface area contributed by atoms with Crippen molar-refractivity contribution in [3.63, 3.8) is 0 Å². The number of hydrogen-bond acceptors (Lipinski definition) is 7. The maximum absolute atomic E-state index is 12.4. The lowest BCUT2D eigenvalue weighted by Gasteiger charge is -2.20. The summed E-state index contributed by atoms with van der Waals surface area (Å²) in [5.74, 6) is -2.05. The number of thiophene rings is 1. The average molecular weight is 421 g/mol. The molecule has 1 aliphatic heterocycles. The van der Waals surface area contributed by atoms with Crippen LogP contribution < -0.4 is 5.32 Å². The van der Waals surface area contributed by atoms with Gasteiger partial charge in [0.1, 0.15) is 6.10 Å². The smallest absolute Gasteiger partial charge is 0.329 e. The number of nitrogens with zero attached hydrogens (tertiary/aromatic N) is 2. The lowest BCUT2D eigenvalue weighted by Crippen LogP contribution is -2.45. The van der Waals surface area contributed by atoms with Crippen LogP contribution in [-0.2, 0) is 16.1 Å². The van der Waals surface area contributed by atoms with Gasteiger partial charge in [0.15, 0.2) is 6.04 Å². The lowest BCUT2D eigenvalue weighted by atomic mass is 10.0. The Bertz CT molecular complexity index is 843. The molecule has 10 heteroatoms. The minimum Gasteiger partial charge on any atom is -0.480 e. The van der Waals surface area contributed by atoms with Gasteiger partial charge in [-0.25, -0.2) is 4.79 Å². The van der Waals surface area contributed by atoms with Gasteiger partial charge in [-0.15, -0.1) is 11.3 Å². The number of amides is 1. The van der Waals surface area contributed by atoms with E-state index in [-0.39, 0.29) is 12.0 Å². The Kier molecular flexibility index (Phi) is 6.78. The molecule has 1 fully saturated rings. The third-order valence-corrected chi connectivity index (χ3v) is 6.17. The van der Waals surface area contributed by atoms with Gasteiger partial charge in [-0.1, -0.05) is 6.08 Å². The first-order valence-electron chi connectivity index (χ1n) is 9.39. The number of likely N-dealkylation sites (tertiary alicyclic amines) is 1. The van der Waals surface area contributed by atoms with Crippen LogP contribution in [0.1, 0.15) is 35.1 Å². The summed E-state index contributed by atoms with van der Waals surface area (Å²) in [6, 6.07) is 1.13. The van der Waals surface area contributed by atoms with Crippen molar-refractivity contribution in [1.29, 1.82) is 0 Å². The summed E-state index contributed by atoms with van der Waals surface area (Å²) in [6.45, 7) is 2.82. The maximum atomic E-state index is 12.4. The van der Waals surface area contributed by atoms with Crippen LogP contribution in [0.2, 0.25) is 0 Å². The van der Waals surface area contributed by atoms with Gasteiger partial charge in [-0.2, -0.15) is 0 Å². The van der Waals surface area contributed by atoms with Crippen molar-refractivity contribution in [1.82, 2.24) is 10.2 Å². The molecule has 2 heterocycles. The van der Waals surface area contributed by atoms with Crippen LogP contribution in [0.3, 0.4) is 0 Å². The SMILES string of the molecule is O=C(NC(C(=O)O)C(O)c1ccc(CN2CCCC2)s1)C1=CCC([N+](=O)[O-])C=C1. The van der Waals surface area contributed by atoms with E-state index in [2.05, 4.69) is 10.2 Å². The third kappa shape index (κ3) is 5.28. The first-order chi connectivity index (χ1) is 13.8. The summed E-state index contributed by atoms with van der Waals surface area (Å²) in [5, 5.41) is 33.2. The van der Waals surface area contributed by atoms with Gasteiger partial charge in [0.25, 0.3) is 5.91 Å². The van der Waals surface area contributed by atoms with Gasteiger partial charge in [-0.05, 0) is 50.2 Å². The third-order valence-electron chi connectivity index (χ3n) is 5.03. The Morgan fingerprint density at radius 3 is 2.66 bits per heavy atom. The number of carboxylic acids is 1. The first kappa shape index (κ1) is 21.2. The second-order valence-electron chi connectivity index (χ2n) is 7.13. The van der Waals surface area contributed by atoms with E-state index in [0.29, 0.717) is 4.88 Å². The summed E-state index contributed by atoms with van der Waals surface area (Å²) >= 11 is 1.33. The summed E-state index contributed by atoms with van der Waals surface area (Å²) < 4.78 is 0. The number of aliphatic hydroxyl groups excluding tert-OH is 1. The minimum atomic E-state index is -1.52. The molecule has 156 valence electrons. The number of hydrogen-bond donors (Lipinski definition) is 3. The van der Waals surface area contributed by atoms with Crippen molar-refractivity contribution in [3.8, 4) is 0 Å². The molecule has 29 heavy (non-hydrogen) atoms. The van der Waals surface area contributed by atoms with Crippen LogP contribution in [0.25, 0.3) is 0 Å². The number of aliphatic hydroxyl groups is 1. The van der Waals surface area contributed by atoms with E-state index < -0.39 is 35.0 Å². The molecule has 0 bridgehead atoms. The number of aliphatic carboxylic acids is 1. The Morgan fingerprint density at radius 2 is 2.07 bits per heavy atom. The molecule has 0 radical (unpaired) electrons. The second-order valence-corrected chi connectivity index (χ2v) is 8.33. The Balaban J connectivity index is 1.64. The van der Waals surface area contributed by atoms with E-state index in [1.165, 1.54) is 42.4 Å². The van der Waals surface area contributed by atoms with Gasteiger partial charge in [-0.3, -0.25) is 19.8 Å². The van der Waals surface area contributed by atoms with Gasteiger partial charge in [0, 0.05) is 33.2 Å². The zero-order valence-corrected chi connectivity index (χ0v) is 16.5. The monoisotopic (exact) mass is 421 g/mol. The topological polar surface area (TPSA) is 133 Å². The van der Waals surface area contributed by atoms with E-state index in [0.717, 1.165) is 24.5 Å². The summed E-state index contributed by atoms with van der Waals surface area (Å²) in [7, 11) is 0. The largest absolute Gasteiger partial charge is 0.480 e. The molecule has 0 spiro atoms. The number of carbonyl (C=O) groups is 2. The average Bonchev–Trinajstić information content (AvgIpc) is 3.38. The maximum Gasteiger partial charge on any atom is 0.329 e. The van der Waals surface area contributed by atoms with Crippen molar-refractivity contribution in [2.75, 3.05) is 13.1 Å². The van der Waals surface area contributed by atoms with E-state index >= 15 is 0 Å². The summed E-state index contributed by atoms with van der Waals surface area (Å²) in [6.07, 6.45) is 4.99. The van der Waals surface area contributed by atoms with E-state index in [4.69, 9.17) is 0 Å². The van der Waals surface area contributed by atoms with Crippen LogP contribution in [0.4, 0.5) is 0 Å². The number of carboxylic acid groups (broad SMARTS) is 1. The zero-order chi connectivity index (χ0) is 21.0. The summed E-state index contributed by atoms with van der Waals surface area (Å²) in [4.78, 5) is 38.1. The second kappa shape index (κ2) is 9.29. The fraction of sp³-hybridized carbons (Fsp3) is 0.474. The lowest BCUT2D eigenvalue weighted by molar-refractivity contribution is -0.508. The van der Waals surface area contributed by atoms with Crippen LogP contribution in [0.15, 0.2) is 35.9 Å². The fourth-order valence-electron chi connectivity index (χ4n) is 3.40. The molecule has 3 rings (SSSR count). The minimum absolute atomic E-state index is 0.0529. The first-order valence-corrected chi connectivity index (χ1v) is 10.2. The predicted octanol–water partition coefficient (Wildman–Crippen LogP) is 1.48. The molecule has 1 saturated heterocycles. The standard InChI is InChI=1S/C19H23N3O6S/c23-17(15-8-7-14(29-15)11-21-9-1-2-10-21)16(19(25)26)20-18(24)12-3-5-13(6-4-12)22(27)28/h3-5,7-8,13,16-17,23H,1-2,6,9-11H2,(H,20,24)(H,25,26). The molecule has 0 aromatic carbocycles. The predicted molar refractivity (Wildman–Crippen MR) is 106 cm³/mol. The highest BCUT2D eigenvalue weighted by Gasteiger charge is 2.32. The summed E-state index contributed by atoms with van der Waals surface area (Å²) in [5.41, 5.74) is 0.141. The van der Waals surface area contributed by atoms with Crippen LogP contribution in [0.5, 0.6) is 0 Å².